The van der Waals surface area contributed by atoms with E-state index in [4.69, 9.17) is 0 Å². The van der Waals surface area contributed by atoms with Crippen molar-refractivity contribution in [3.8, 4) is 5.82 Å². The molecule has 0 bridgehead atoms. The lowest BCUT2D eigenvalue weighted by Crippen LogP contribution is -2.13. The van der Waals surface area contributed by atoms with Crippen LogP contribution in [0.1, 0.15) is 28.9 Å². The highest BCUT2D eigenvalue weighted by atomic mass is 16.1. The number of Topliss-reactive ketones (excluding diaryl/α,β-unsaturated/α-hetero) is 1. The van der Waals surface area contributed by atoms with E-state index in [1.54, 1.807) is 17.1 Å². The summed E-state index contributed by atoms with van der Waals surface area (Å²) in [4.78, 5) is 15.9. The lowest BCUT2D eigenvalue weighted by molar-refractivity contribution is 0.0972. The number of carbonyl (C=O) groups is 1. The fourth-order valence-corrected chi connectivity index (χ4v) is 2.07. The van der Waals surface area contributed by atoms with Crippen LogP contribution < -0.4 is 0 Å². The molecular formula is C12H11N3O. The summed E-state index contributed by atoms with van der Waals surface area (Å²) in [5.74, 6) is 0.974. The van der Waals surface area contributed by atoms with Crippen LogP contribution in [0.25, 0.3) is 5.82 Å². The highest BCUT2D eigenvalue weighted by Gasteiger charge is 2.22. The molecule has 0 N–H and O–H groups in total. The van der Waals surface area contributed by atoms with Gasteiger partial charge in [0.2, 0.25) is 0 Å². The van der Waals surface area contributed by atoms with Crippen molar-refractivity contribution in [1.29, 1.82) is 0 Å². The average Bonchev–Trinajstić information content (AvgIpc) is 2.75. The Kier molecular flexibility index (Phi) is 2.06. The second kappa shape index (κ2) is 3.56. The molecule has 0 amide bonds. The summed E-state index contributed by atoms with van der Waals surface area (Å²) >= 11 is 0. The van der Waals surface area contributed by atoms with Crippen LogP contribution in [0.2, 0.25) is 0 Å². The van der Waals surface area contributed by atoms with Crippen molar-refractivity contribution in [3.05, 3.63) is 41.9 Å². The SMILES string of the molecule is O=C1CCCc2c1cnn2-c1ccccn1. The zero-order chi connectivity index (χ0) is 11.0. The maximum absolute atomic E-state index is 11.7. The van der Waals surface area contributed by atoms with Crippen molar-refractivity contribution in [1.82, 2.24) is 14.8 Å². The van der Waals surface area contributed by atoms with Gasteiger partial charge in [-0.3, -0.25) is 4.79 Å². The number of carbonyl (C=O) groups excluding carboxylic acids is 1. The highest BCUT2D eigenvalue weighted by Crippen LogP contribution is 2.22. The van der Waals surface area contributed by atoms with Gasteiger partial charge >= 0.3 is 0 Å². The van der Waals surface area contributed by atoms with Gasteiger partial charge < -0.3 is 0 Å². The minimum absolute atomic E-state index is 0.198. The van der Waals surface area contributed by atoms with E-state index in [2.05, 4.69) is 10.1 Å². The summed E-state index contributed by atoms with van der Waals surface area (Å²) in [7, 11) is 0. The molecular weight excluding hydrogens is 202 g/mol. The molecule has 2 aromatic heterocycles. The van der Waals surface area contributed by atoms with E-state index >= 15 is 0 Å². The van der Waals surface area contributed by atoms with E-state index < -0.39 is 0 Å². The lowest BCUT2D eigenvalue weighted by atomic mass is 9.97. The number of aromatic nitrogens is 3. The first kappa shape index (κ1) is 9.27. The number of ketones is 1. The van der Waals surface area contributed by atoms with Crippen LogP contribution >= 0.6 is 0 Å². The standard InChI is InChI=1S/C12H11N3O/c16-11-5-3-4-10-9(11)8-14-15(10)12-6-1-2-7-13-12/h1-2,6-8H,3-5H2. The zero-order valence-electron chi connectivity index (χ0n) is 8.76. The van der Waals surface area contributed by atoms with Gasteiger partial charge in [0.1, 0.15) is 0 Å². The topological polar surface area (TPSA) is 47.8 Å². The van der Waals surface area contributed by atoms with Crippen molar-refractivity contribution in [2.45, 2.75) is 19.3 Å². The van der Waals surface area contributed by atoms with E-state index in [0.29, 0.717) is 6.42 Å². The van der Waals surface area contributed by atoms with Crippen LogP contribution in [-0.4, -0.2) is 20.5 Å². The van der Waals surface area contributed by atoms with Gasteiger partial charge in [0.25, 0.3) is 0 Å². The van der Waals surface area contributed by atoms with Gasteiger partial charge in [-0.25, -0.2) is 9.67 Å². The van der Waals surface area contributed by atoms with Gasteiger partial charge in [0.15, 0.2) is 11.6 Å². The molecule has 1 aliphatic carbocycles. The summed E-state index contributed by atoms with van der Waals surface area (Å²) in [6, 6.07) is 5.68. The first-order valence-corrected chi connectivity index (χ1v) is 5.38. The minimum atomic E-state index is 0.198. The van der Waals surface area contributed by atoms with Crippen LogP contribution in [0, 0.1) is 0 Å². The average molecular weight is 213 g/mol. The summed E-state index contributed by atoms with van der Waals surface area (Å²) in [5.41, 5.74) is 1.76. The van der Waals surface area contributed by atoms with Gasteiger partial charge in [-0.15, -0.1) is 0 Å². The number of nitrogens with zero attached hydrogens (tertiary/aromatic N) is 3. The largest absolute Gasteiger partial charge is 0.294 e. The fourth-order valence-electron chi connectivity index (χ4n) is 2.07. The van der Waals surface area contributed by atoms with E-state index in [0.717, 1.165) is 29.9 Å². The summed E-state index contributed by atoms with van der Waals surface area (Å²) in [6.45, 7) is 0. The highest BCUT2D eigenvalue weighted by molar-refractivity contribution is 5.97. The van der Waals surface area contributed by atoms with Crippen molar-refractivity contribution < 1.29 is 4.79 Å². The third kappa shape index (κ3) is 1.34. The summed E-state index contributed by atoms with van der Waals surface area (Å²) < 4.78 is 1.77. The van der Waals surface area contributed by atoms with Crippen LogP contribution in [0.3, 0.4) is 0 Å². The normalized spacial score (nSPS) is 14.9. The molecule has 0 aromatic carbocycles. The Balaban J connectivity index is 2.13. The van der Waals surface area contributed by atoms with E-state index in [1.807, 2.05) is 18.2 Å². The molecule has 16 heavy (non-hydrogen) atoms. The van der Waals surface area contributed by atoms with E-state index in [1.165, 1.54) is 0 Å². The Bertz CT molecular complexity index is 530. The van der Waals surface area contributed by atoms with E-state index in [9.17, 15) is 4.79 Å². The number of hydrogen-bond donors (Lipinski definition) is 0. The number of pyridine rings is 1. The Morgan fingerprint density at radius 3 is 3.00 bits per heavy atom. The maximum atomic E-state index is 11.7. The molecule has 0 spiro atoms. The molecule has 0 aliphatic heterocycles. The number of rotatable bonds is 1. The van der Waals surface area contributed by atoms with Crippen LogP contribution in [0.5, 0.6) is 0 Å². The van der Waals surface area contributed by atoms with E-state index in [-0.39, 0.29) is 5.78 Å². The molecule has 0 atom stereocenters. The zero-order valence-corrected chi connectivity index (χ0v) is 8.76. The Morgan fingerprint density at radius 1 is 1.25 bits per heavy atom. The Labute approximate surface area is 92.9 Å². The molecule has 2 heterocycles. The first-order chi connectivity index (χ1) is 7.86. The predicted octanol–water partition coefficient (Wildman–Crippen LogP) is 1.79. The summed E-state index contributed by atoms with van der Waals surface area (Å²) in [5, 5.41) is 4.25. The molecule has 3 rings (SSSR count). The van der Waals surface area contributed by atoms with Crippen LogP contribution in [0.4, 0.5) is 0 Å². The minimum Gasteiger partial charge on any atom is -0.294 e. The first-order valence-electron chi connectivity index (χ1n) is 5.38. The maximum Gasteiger partial charge on any atom is 0.166 e. The smallest absolute Gasteiger partial charge is 0.166 e. The third-order valence-electron chi connectivity index (χ3n) is 2.85. The predicted molar refractivity (Wildman–Crippen MR) is 58.6 cm³/mol. The van der Waals surface area contributed by atoms with Crippen molar-refractivity contribution in [2.75, 3.05) is 0 Å². The second-order valence-electron chi connectivity index (χ2n) is 3.88. The Morgan fingerprint density at radius 2 is 2.19 bits per heavy atom. The third-order valence-corrected chi connectivity index (χ3v) is 2.85. The molecule has 4 heteroatoms. The van der Waals surface area contributed by atoms with Gasteiger partial charge in [-0.1, -0.05) is 6.07 Å². The lowest BCUT2D eigenvalue weighted by Gasteiger charge is -2.12. The van der Waals surface area contributed by atoms with Gasteiger partial charge in [-0.2, -0.15) is 5.10 Å². The fraction of sp³-hybridized carbons (Fsp3) is 0.250. The molecule has 0 fully saturated rings. The summed E-state index contributed by atoms with van der Waals surface area (Å²) in [6.07, 6.45) is 5.84. The van der Waals surface area contributed by atoms with Gasteiger partial charge in [-0.05, 0) is 25.0 Å². The van der Waals surface area contributed by atoms with Gasteiger partial charge in [0.05, 0.1) is 17.5 Å². The molecule has 1 aliphatic rings. The molecule has 2 aromatic rings. The quantitative estimate of drug-likeness (QED) is 0.725. The molecule has 4 nitrogen and oxygen atoms in total. The van der Waals surface area contributed by atoms with Crippen LogP contribution in [-0.2, 0) is 6.42 Å². The Hall–Kier alpha value is -1.97. The monoisotopic (exact) mass is 213 g/mol. The second-order valence-corrected chi connectivity index (χ2v) is 3.88. The number of hydrogen-bond acceptors (Lipinski definition) is 3. The molecule has 80 valence electrons. The van der Waals surface area contributed by atoms with Crippen molar-refractivity contribution in [2.24, 2.45) is 0 Å². The van der Waals surface area contributed by atoms with Crippen LogP contribution in [0.15, 0.2) is 30.6 Å². The number of fused-ring (bicyclic) bond motifs is 1. The molecule has 0 saturated heterocycles. The van der Waals surface area contributed by atoms with Crippen molar-refractivity contribution in [3.63, 3.8) is 0 Å². The molecule has 0 saturated carbocycles. The molecule has 0 unspecified atom stereocenters. The van der Waals surface area contributed by atoms with Crippen molar-refractivity contribution >= 4 is 5.78 Å². The van der Waals surface area contributed by atoms with Gasteiger partial charge in [0, 0.05) is 12.6 Å². The molecule has 0 radical (unpaired) electrons.